The maximum Gasteiger partial charge on any atom is 0.294 e. The Morgan fingerprint density at radius 3 is 2.81 bits per heavy atom. The molecular weight excluding hydrogens is 226 g/mol. The fourth-order valence-corrected chi connectivity index (χ4v) is 1.68. The van der Waals surface area contributed by atoms with Gasteiger partial charge in [-0.1, -0.05) is 25.2 Å². The highest BCUT2D eigenvalue weighted by atomic mass is 32.1. The smallest absolute Gasteiger partial charge is 0.294 e. The number of methoxy groups -OCH3 is 1. The molecule has 0 aliphatic heterocycles. The summed E-state index contributed by atoms with van der Waals surface area (Å²) in [5.41, 5.74) is 0. The summed E-state index contributed by atoms with van der Waals surface area (Å²) in [6.45, 7) is 6.28. The molecule has 0 spiro atoms. The standard InChI is InChI=1S/C10H19N3O2S/c1-8(2)11-7-9-12-13-10(16-9)15-6-4-5-14-3/h8,11H,4-7H2,1-3H3. The first kappa shape index (κ1) is 13.3. The van der Waals surface area contributed by atoms with Crippen LogP contribution in [0.1, 0.15) is 25.3 Å². The molecule has 0 fully saturated rings. The van der Waals surface area contributed by atoms with E-state index >= 15 is 0 Å². The van der Waals surface area contributed by atoms with Crippen LogP contribution in [0.5, 0.6) is 5.19 Å². The van der Waals surface area contributed by atoms with Crippen LogP contribution >= 0.6 is 11.3 Å². The van der Waals surface area contributed by atoms with Gasteiger partial charge < -0.3 is 14.8 Å². The lowest BCUT2D eigenvalue weighted by atomic mass is 10.4. The summed E-state index contributed by atoms with van der Waals surface area (Å²) in [6.07, 6.45) is 0.871. The normalized spacial score (nSPS) is 11.0. The van der Waals surface area contributed by atoms with Gasteiger partial charge in [0.15, 0.2) is 0 Å². The molecule has 1 aromatic heterocycles. The highest BCUT2D eigenvalue weighted by Gasteiger charge is 2.05. The monoisotopic (exact) mass is 245 g/mol. The van der Waals surface area contributed by atoms with Gasteiger partial charge in [0.1, 0.15) is 5.01 Å². The summed E-state index contributed by atoms with van der Waals surface area (Å²) in [6, 6.07) is 0.454. The first-order valence-electron chi connectivity index (χ1n) is 5.40. The lowest BCUT2D eigenvalue weighted by molar-refractivity contribution is 0.171. The van der Waals surface area contributed by atoms with Gasteiger partial charge in [0.05, 0.1) is 13.2 Å². The number of rotatable bonds is 8. The molecule has 0 aromatic carbocycles. The summed E-state index contributed by atoms with van der Waals surface area (Å²) >= 11 is 1.49. The van der Waals surface area contributed by atoms with Crippen molar-refractivity contribution < 1.29 is 9.47 Å². The van der Waals surface area contributed by atoms with Crippen LogP contribution < -0.4 is 10.1 Å². The van der Waals surface area contributed by atoms with Crippen LogP contribution in [0, 0.1) is 0 Å². The van der Waals surface area contributed by atoms with Gasteiger partial charge in [0.2, 0.25) is 0 Å². The van der Waals surface area contributed by atoms with E-state index in [4.69, 9.17) is 9.47 Å². The van der Waals surface area contributed by atoms with E-state index in [1.54, 1.807) is 7.11 Å². The maximum absolute atomic E-state index is 5.43. The van der Waals surface area contributed by atoms with Gasteiger partial charge in [-0.2, -0.15) is 0 Å². The minimum Gasteiger partial charge on any atom is -0.469 e. The van der Waals surface area contributed by atoms with Crippen LogP contribution in [0.3, 0.4) is 0 Å². The molecule has 0 amide bonds. The molecule has 6 heteroatoms. The lowest BCUT2D eigenvalue weighted by Crippen LogP contribution is -2.21. The van der Waals surface area contributed by atoms with Crippen LogP contribution in [0.15, 0.2) is 0 Å². The van der Waals surface area contributed by atoms with E-state index in [9.17, 15) is 0 Å². The van der Waals surface area contributed by atoms with Crippen molar-refractivity contribution in [1.82, 2.24) is 15.5 Å². The zero-order chi connectivity index (χ0) is 11.8. The predicted molar refractivity (Wildman–Crippen MR) is 63.9 cm³/mol. The quantitative estimate of drug-likeness (QED) is 0.703. The van der Waals surface area contributed by atoms with Gasteiger partial charge in [-0.05, 0) is 0 Å². The van der Waals surface area contributed by atoms with Gasteiger partial charge in [-0.3, -0.25) is 0 Å². The van der Waals surface area contributed by atoms with Crippen molar-refractivity contribution in [2.75, 3.05) is 20.3 Å². The Balaban J connectivity index is 2.22. The molecule has 0 atom stereocenters. The van der Waals surface area contributed by atoms with Gasteiger partial charge in [0, 0.05) is 26.2 Å². The molecule has 1 aromatic rings. The average molecular weight is 245 g/mol. The third-order valence-corrected chi connectivity index (χ3v) is 2.66. The van der Waals surface area contributed by atoms with E-state index in [2.05, 4.69) is 29.4 Å². The van der Waals surface area contributed by atoms with Crippen molar-refractivity contribution in [3.63, 3.8) is 0 Å². The maximum atomic E-state index is 5.43. The second-order valence-electron chi connectivity index (χ2n) is 3.69. The Morgan fingerprint density at radius 1 is 1.31 bits per heavy atom. The number of aromatic nitrogens is 2. The number of hydrogen-bond donors (Lipinski definition) is 1. The van der Waals surface area contributed by atoms with Gasteiger partial charge >= 0.3 is 0 Å². The summed E-state index contributed by atoms with van der Waals surface area (Å²) < 4.78 is 10.4. The van der Waals surface area contributed by atoms with Crippen molar-refractivity contribution in [2.24, 2.45) is 0 Å². The van der Waals surface area contributed by atoms with Gasteiger partial charge in [-0.15, -0.1) is 10.2 Å². The SMILES string of the molecule is COCCCOc1nnc(CNC(C)C)s1. The number of nitrogens with one attached hydrogen (secondary N) is 1. The number of hydrogen-bond acceptors (Lipinski definition) is 6. The topological polar surface area (TPSA) is 56.3 Å². The summed E-state index contributed by atoms with van der Waals surface area (Å²) in [7, 11) is 1.68. The molecule has 1 heterocycles. The molecule has 16 heavy (non-hydrogen) atoms. The lowest BCUT2D eigenvalue weighted by Gasteiger charge is -2.03. The summed E-state index contributed by atoms with van der Waals surface area (Å²) in [5.74, 6) is 0. The molecule has 0 bridgehead atoms. The number of ether oxygens (including phenoxy) is 2. The highest BCUT2D eigenvalue weighted by molar-refractivity contribution is 7.13. The molecule has 1 rings (SSSR count). The van der Waals surface area contributed by atoms with Crippen LogP contribution in [0.4, 0.5) is 0 Å². The highest BCUT2D eigenvalue weighted by Crippen LogP contribution is 2.17. The molecule has 0 radical (unpaired) electrons. The Bertz CT molecular complexity index is 291. The second kappa shape index (κ2) is 7.54. The van der Waals surface area contributed by atoms with Crippen molar-refractivity contribution in [3.05, 3.63) is 5.01 Å². The molecule has 5 nitrogen and oxygen atoms in total. The van der Waals surface area contributed by atoms with Crippen LogP contribution in [-0.2, 0) is 11.3 Å². The molecule has 0 aliphatic rings. The molecule has 0 saturated heterocycles. The molecule has 92 valence electrons. The Hall–Kier alpha value is -0.720. The number of nitrogens with zero attached hydrogens (tertiary/aromatic N) is 2. The van der Waals surface area contributed by atoms with Gasteiger partial charge in [0.25, 0.3) is 5.19 Å². The predicted octanol–water partition coefficient (Wildman–Crippen LogP) is 1.45. The molecule has 0 saturated carbocycles. The van der Waals surface area contributed by atoms with Crippen LogP contribution in [0.25, 0.3) is 0 Å². The largest absolute Gasteiger partial charge is 0.469 e. The zero-order valence-corrected chi connectivity index (χ0v) is 10.8. The summed E-state index contributed by atoms with van der Waals surface area (Å²) in [4.78, 5) is 0. The van der Waals surface area contributed by atoms with E-state index in [1.165, 1.54) is 11.3 Å². The Labute approximate surface area is 100 Å². The van der Waals surface area contributed by atoms with E-state index in [1.807, 2.05) is 0 Å². The zero-order valence-electron chi connectivity index (χ0n) is 10.0. The molecular formula is C10H19N3O2S. The van der Waals surface area contributed by atoms with E-state index < -0.39 is 0 Å². The molecule has 1 N–H and O–H groups in total. The molecule has 0 unspecified atom stereocenters. The first-order chi connectivity index (χ1) is 7.72. The van der Waals surface area contributed by atoms with E-state index in [0.29, 0.717) is 24.4 Å². The fourth-order valence-electron chi connectivity index (χ4n) is 1.02. The van der Waals surface area contributed by atoms with Crippen molar-refractivity contribution >= 4 is 11.3 Å². The summed E-state index contributed by atoms with van der Waals surface area (Å²) in [5, 5.41) is 12.9. The Kier molecular flexibility index (Phi) is 6.29. The van der Waals surface area contributed by atoms with Crippen LogP contribution in [-0.4, -0.2) is 36.6 Å². The fraction of sp³-hybridized carbons (Fsp3) is 0.800. The van der Waals surface area contributed by atoms with Crippen LogP contribution in [0.2, 0.25) is 0 Å². The second-order valence-corrected chi connectivity index (χ2v) is 4.72. The van der Waals surface area contributed by atoms with Crippen molar-refractivity contribution in [1.29, 1.82) is 0 Å². The van der Waals surface area contributed by atoms with E-state index in [-0.39, 0.29) is 0 Å². The third-order valence-electron chi connectivity index (χ3n) is 1.83. The Morgan fingerprint density at radius 2 is 2.12 bits per heavy atom. The molecule has 0 aliphatic carbocycles. The van der Waals surface area contributed by atoms with Crippen molar-refractivity contribution in [3.8, 4) is 5.19 Å². The minimum atomic E-state index is 0.454. The van der Waals surface area contributed by atoms with E-state index in [0.717, 1.165) is 18.0 Å². The minimum absolute atomic E-state index is 0.454. The van der Waals surface area contributed by atoms with Crippen molar-refractivity contribution in [2.45, 2.75) is 32.9 Å². The average Bonchev–Trinajstić information content (AvgIpc) is 2.70. The third kappa shape index (κ3) is 5.39. The first-order valence-corrected chi connectivity index (χ1v) is 6.21. The van der Waals surface area contributed by atoms with Gasteiger partial charge in [-0.25, -0.2) is 0 Å².